The number of hydrogen-bond donors (Lipinski definition) is 6. The van der Waals surface area contributed by atoms with E-state index in [4.69, 9.17) is 10.2 Å². The lowest BCUT2D eigenvalue weighted by atomic mass is 10.0. The van der Waals surface area contributed by atoms with Crippen LogP contribution in [0.15, 0.2) is 17.3 Å². The Bertz CT molecular complexity index is 609. The molecule has 0 amide bonds. The van der Waals surface area contributed by atoms with E-state index in [1.165, 1.54) is 6.33 Å². The van der Waals surface area contributed by atoms with Crippen molar-refractivity contribution in [3.8, 4) is 0 Å². The molecule has 2 rings (SSSR count). The molecule has 20 heavy (non-hydrogen) atoms. The number of nitrogens with one attached hydrogen (secondary N) is 3. The van der Waals surface area contributed by atoms with Crippen LogP contribution in [0.3, 0.4) is 0 Å². The molecule has 6 N–H and O–H groups in total. The molecule has 2 atom stereocenters. The summed E-state index contributed by atoms with van der Waals surface area (Å²) >= 11 is 0. The molecule has 2 aromatic rings. The Labute approximate surface area is 114 Å². The molecule has 8 nitrogen and oxygen atoms in total. The number of aromatic amines is 2. The minimum absolute atomic E-state index is 0.222. The third-order valence-corrected chi connectivity index (χ3v) is 3.24. The summed E-state index contributed by atoms with van der Waals surface area (Å²) in [6, 6.07) is 0. The van der Waals surface area contributed by atoms with Gasteiger partial charge in [0, 0.05) is 37.4 Å². The van der Waals surface area contributed by atoms with Gasteiger partial charge in [-0.15, -0.1) is 0 Å². The van der Waals surface area contributed by atoms with Crippen LogP contribution in [0, 0.1) is 5.92 Å². The topological polar surface area (TPSA) is 134 Å². The predicted octanol–water partition coefficient (Wildman–Crippen LogP) is -1.70. The molecule has 0 spiro atoms. The summed E-state index contributed by atoms with van der Waals surface area (Å²) in [5.74, 6) is -0.443. The van der Waals surface area contributed by atoms with E-state index < -0.39 is 18.6 Å². The first kappa shape index (κ1) is 14.7. The summed E-state index contributed by atoms with van der Waals surface area (Å²) < 4.78 is 0. The average molecular weight is 282 g/mol. The van der Waals surface area contributed by atoms with Crippen molar-refractivity contribution in [3.63, 3.8) is 0 Å². The molecule has 0 saturated carbocycles. The number of aliphatic hydroxyl groups excluding tert-OH is 3. The molecule has 2 heterocycles. The zero-order chi connectivity index (χ0) is 14.5. The van der Waals surface area contributed by atoms with Crippen molar-refractivity contribution in [2.45, 2.75) is 12.6 Å². The standard InChI is InChI=1S/C12H18N4O4/c17-4-8(9(19)5-18)2-13-1-7-3-14-11-10(7)15-6-16-12(11)20/h3,6,8-9,13-14,17-19H,1-2,4-5H2,(H,15,16,20)/t8?,9-/m1/s1. The lowest BCUT2D eigenvalue weighted by Crippen LogP contribution is -2.35. The number of hydrogen-bond acceptors (Lipinski definition) is 6. The lowest BCUT2D eigenvalue weighted by molar-refractivity contribution is 0.0228. The van der Waals surface area contributed by atoms with Gasteiger partial charge in [-0.05, 0) is 0 Å². The fraction of sp³-hybridized carbons (Fsp3) is 0.500. The summed E-state index contributed by atoms with van der Waals surface area (Å²) in [5, 5.41) is 30.5. The molecule has 0 radical (unpaired) electrons. The molecule has 0 aliphatic heterocycles. The van der Waals surface area contributed by atoms with Gasteiger partial charge in [0.2, 0.25) is 0 Å². The lowest BCUT2D eigenvalue weighted by Gasteiger charge is -2.19. The number of aromatic nitrogens is 3. The zero-order valence-electron chi connectivity index (χ0n) is 10.8. The fourth-order valence-electron chi connectivity index (χ4n) is 2.00. The van der Waals surface area contributed by atoms with E-state index in [2.05, 4.69) is 20.3 Å². The van der Waals surface area contributed by atoms with Gasteiger partial charge in [-0.25, -0.2) is 4.98 Å². The van der Waals surface area contributed by atoms with Crippen LogP contribution < -0.4 is 10.9 Å². The Morgan fingerprint density at radius 1 is 1.30 bits per heavy atom. The van der Waals surface area contributed by atoms with E-state index >= 15 is 0 Å². The van der Waals surface area contributed by atoms with Gasteiger partial charge < -0.3 is 30.6 Å². The zero-order valence-corrected chi connectivity index (χ0v) is 10.8. The largest absolute Gasteiger partial charge is 0.396 e. The van der Waals surface area contributed by atoms with Crippen molar-refractivity contribution in [2.75, 3.05) is 19.8 Å². The highest BCUT2D eigenvalue weighted by Gasteiger charge is 2.17. The minimum Gasteiger partial charge on any atom is -0.396 e. The van der Waals surface area contributed by atoms with Crippen LogP contribution in [0.5, 0.6) is 0 Å². The van der Waals surface area contributed by atoms with E-state index in [9.17, 15) is 9.90 Å². The van der Waals surface area contributed by atoms with Gasteiger partial charge in [-0.1, -0.05) is 0 Å². The van der Waals surface area contributed by atoms with Gasteiger partial charge >= 0.3 is 0 Å². The molecular formula is C12H18N4O4. The van der Waals surface area contributed by atoms with Gasteiger partial charge in [-0.2, -0.15) is 0 Å². The van der Waals surface area contributed by atoms with E-state index in [0.29, 0.717) is 24.1 Å². The van der Waals surface area contributed by atoms with Crippen molar-refractivity contribution in [2.24, 2.45) is 5.92 Å². The molecule has 0 aliphatic rings. The fourth-order valence-corrected chi connectivity index (χ4v) is 2.00. The van der Waals surface area contributed by atoms with Gasteiger partial charge in [0.05, 0.1) is 24.6 Å². The quantitative estimate of drug-likeness (QED) is 0.358. The molecule has 0 fully saturated rings. The van der Waals surface area contributed by atoms with Crippen molar-refractivity contribution < 1.29 is 15.3 Å². The number of nitrogens with zero attached hydrogens (tertiary/aromatic N) is 1. The van der Waals surface area contributed by atoms with Gasteiger partial charge in [0.15, 0.2) is 0 Å². The maximum absolute atomic E-state index is 11.5. The van der Waals surface area contributed by atoms with Crippen LogP contribution in [-0.4, -0.2) is 56.1 Å². The van der Waals surface area contributed by atoms with E-state index in [1.807, 2.05) is 0 Å². The summed E-state index contributed by atoms with van der Waals surface area (Å²) in [6.45, 7) is 0.163. The maximum Gasteiger partial charge on any atom is 0.275 e. The number of fused-ring (bicyclic) bond motifs is 1. The number of rotatable bonds is 7. The van der Waals surface area contributed by atoms with Crippen LogP contribution in [-0.2, 0) is 6.54 Å². The third-order valence-electron chi connectivity index (χ3n) is 3.24. The van der Waals surface area contributed by atoms with Crippen LogP contribution in [0.1, 0.15) is 5.56 Å². The Morgan fingerprint density at radius 2 is 2.10 bits per heavy atom. The second-order valence-electron chi connectivity index (χ2n) is 4.59. The second-order valence-corrected chi connectivity index (χ2v) is 4.59. The first-order valence-corrected chi connectivity index (χ1v) is 6.31. The van der Waals surface area contributed by atoms with Gasteiger partial charge in [0.1, 0.15) is 5.52 Å². The molecule has 2 aromatic heterocycles. The van der Waals surface area contributed by atoms with Crippen LogP contribution in [0.25, 0.3) is 11.0 Å². The summed E-state index contributed by atoms with van der Waals surface area (Å²) in [6.07, 6.45) is 2.07. The van der Waals surface area contributed by atoms with E-state index in [-0.39, 0.29) is 12.2 Å². The number of aliphatic hydroxyl groups is 3. The molecule has 1 unspecified atom stereocenters. The Morgan fingerprint density at radius 3 is 2.80 bits per heavy atom. The summed E-state index contributed by atoms with van der Waals surface area (Å²) in [7, 11) is 0. The first-order chi connectivity index (χ1) is 9.67. The van der Waals surface area contributed by atoms with Crippen LogP contribution >= 0.6 is 0 Å². The number of H-pyrrole nitrogens is 2. The molecule has 0 saturated heterocycles. The highest BCUT2D eigenvalue weighted by atomic mass is 16.3. The normalized spacial score (nSPS) is 14.6. The SMILES string of the molecule is O=c1[nH]cnc2c(CNCC(CO)[C@H](O)CO)c[nH]c12. The molecule has 0 bridgehead atoms. The summed E-state index contributed by atoms with van der Waals surface area (Å²) in [4.78, 5) is 21.0. The smallest absolute Gasteiger partial charge is 0.275 e. The van der Waals surface area contributed by atoms with Crippen molar-refractivity contribution in [1.82, 2.24) is 20.3 Å². The second kappa shape index (κ2) is 6.62. The molecule has 8 heteroatoms. The molecule has 110 valence electrons. The molecule has 0 aliphatic carbocycles. The van der Waals surface area contributed by atoms with Crippen LogP contribution in [0.2, 0.25) is 0 Å². The van der Waals surface area contributed by atoms with Crippen molar-refractivity contribution >= 4 is 11.0 Å². The van der Waals surface area contributed by atoms with E-state index in [1.54, 1.807) is 6.20 Å². The minimum atomic E-state index is -0.962. The average Bonchev–Trinajstić information content (AvgIpc) is 2.87. The Hall–Kier alpha value is -1.74. The summed E-state index contributed by atoms with van der Waals surface area (Å²) in [5.41, 5.74) is 1.59. The predicted molar refractivity (Wildman–Crippen MR) is 72.1 cm³/mol. The first-order valence-electron chi connectivity index (χ1n) is 6.31. The Kier molecular flexibility index (Phi) is 4.85. The van der Waals surface area contributed by atoms with Gasteiger partial charge in [0.25, 0.3) is 5.56 Å². The van der Waals surface area contributed by atoms with Crippen molar-refractivity contribution in [3.05, 3.63) is 28.4 Å². The third kappa shape index (κ3) is 3.05. The highest BCUT2D eigenvalue weighted by molar-refractivity contribution is 5.77. The monoisotopic (exact) mass is 282 g/mol. The maximum atomic E-state index is 11.5. The van der Waals surface area contributed by atoms with Crippen molar-refractivity contribution in [1.29, 1.82) is 0 Å². The van der Waals surface area contributed by atoms with Gasteiger partial charge in [-0.3, -0.25) is 4.79 Å². The highest BCUT2D eigenvalue weighted by Crippen LogP contribution is 2.11. The van der Waals surface area contributed by atoms with Crippen LogP contribution in [0.4, 0.5) is 0 Å². The van der Waals surface area contributed by atoms with E-state index in [0.717, 1.165) is 5.56 Å². The molecular weight excluding hydrogens is 264 g/mol. The Balaban J connectivity index is 2.00. The molecule has 0 aromatic carbocycles.